The van der Waals surface area contributed by atoms with Crippen LogP contribution in [0.5, 0.6) is 0 Å². The normalized spacial score (nSPS) is 14.9. The van der Waals surface area contributed by atoms with E-state index in [-0.39, 0.29) is 0 Å². The Kier molecular flexibility index (Phi) is 6.35. The van der Waals surface area contributed by atoms with Gasteiger partial charge in [0.1, 0.15) is 0 Å². The Balaban J connectivity index is 0.000000142. The Morgan fingerprint density at radius 3 is 1.32 bits per heavy atom. The molecule has 0 unspecified atom stereocenters. The molecule has 172 valence electrons. The molecule has 4 heterocycles. The second kappa shape index (κ2) is 9.57. The molecule has 0 aliphatic carbocycles. The molecule has 2 aliphatic heterocycles. The number of hydrogen-bond acceptors (Lipinski definition) is 2. The van der Waals surface area contributed by atoms with Crippen LogP contribution >= 0.6 is 0 Å². The molecule has 2 aromatic heterocycles. The van der Waals surface area contributed by atoms with Crippen LogP contribution in [0.2, 0.25) is 0 Å². The van der Waals surface area contributed by atoms with E-state index >= 15 is 0 Å². The molecule has 4 aromatic rings. The van der Waals surface area contributed by atoms with Crippen LogP contribution in [0.3, 0.4) is 0 Å². The fourth-order valence-electron chi connectivity index (χ4n) is 3.96. The summed E-state index contributed by atoms with van der Waals surface area (Å²) < 4.78 is 28.9. The first-order valence-electron chi connectivity index (χ1n) is 11.2. The van der Waals surface area contributed by atoms with Gasteiger partial charge in [-0.1, -0.05) is 47.5 Å². The molecule has 0 spiro atoms. The second-order valence-electron chi connectivity index (χ2n) is 8.47. The monoisotopic (exact) mass is 486 g/mol. The van der Waals surface area contributed by atoms with E-state index in [1.807, 2.05) is 86.9 Å². The van der Waals surface area contributed by atoms with Crippen molar-refractivity contribution >= 4 is 33.8 Å². The van der Waals surface area contributed by atoms with E-state index in [0.29, 0.717) is 0 Å². The van der Waals surface area contributed by atoms with Gasteiger partial charge in [-0.15, -0.1) is 0 Å². The zero-order chi connectivity index (χ0) is 23.7. The van der Waals surface area contributed by atoms with Crippen molar-refractivity contribution in [3.05, 3.63) is 108 Å². The maximum Gasteiger partial charge on any atom is 0.0865 e. The number of fused-ring (bicyclic) bond motifs is 2. The average Bonchev–Trinajstić information content (AvgIpc) is 3.60. The largest absolute Gasteiger partial charge is 0.343 e. The first-order valence-corrected chi connectivity index (χ1v) is 13.5. The second-order valence-corrected chi connectivity index (χ2v) is 11.4. The van der Waals surface area contributed by atoms with Crippen molar-refractivity contribution in [2.24, 2.45) is 0 Å². The van der Waals surface area contributed by atoms with Gasteiger partial charge in [-0.25, -0.2) is 8.42 Å². The molecule has 0 amide bonds. The molecule has 0 radical (unpaired) electrons. The molecule has 2 aromatic carbocycles. The molecule has 6 heteroatoms. The van der Waals surface area contributed by atoms with Gasteiger partial charge in [0.15, 0.2) is 0 Å². The maximum absolute atomic E-state index is 12.3. The van der Waals surface area contributed by atoms with E-state index in [0.717, 1.165) is 44.1 Å². The van der Waals surface area contributed by atoms with E-state index < -0.39 is 21.6 Å². The molecule has 0 saturated heterocycles. The lowest BCUT2D eigenvalue weighted by atomic mass is 10.2. The van der Waals surface area contributed by atoms with Crippen LogP contribution in [0, 0.1) is 13.8 Å². The zero-order valence-corrected chi connectivity index (χ0v) is 20.8. The summed E-state index contributed by atoms with van der Waals surface area (Å²) in [5, 5.41) is 0. The number of allylic oxidation sites excluding steroid dienone is 2. The molecule has 0 N–H and O–H groups in total. The molecule has 34 heavy (non-hydrogen) atoms. The van der Waals surface area contributed by atoms with E-state index in [9.17, 15) is 8.42 Å². The first-order chi connectivity index (χ1) is 16.5. The summed E-state index contributed by atoms with van der Waals surface area (Å²) in [7, 11) is -2.13. The lowest BCUT2D eigenvalue weighted by Crippen LogP contribution is -1.92. The van der Waals surface area contributed by atoms with Crippen molar-refractivity contribution in [2.45, 2.75) is 46.5 Å². The van der Waals surface area contributed by atoms with Crippen LogP contribution in [0.15, 0.2) is 105 Å². The molecular weight excluding hydrogens is 460 g/mol. The van der Waals surface area contributed by atoms with Crippen molar-refractivity contribution in [3.63, 3.8) is 0 Å². The topological polar surface area (TPSA) is 44.0 Å². The fourth-order valence-corrected chi connectivity index (χ4v) is 6.18. The van der Waals surface area contributed by atoms with Crippen LogP contribution in [-0.4, -0.2) is 17.6 Å². The highest BCUT2D eigenvalue weighted by Gasteiger charge is 2.14. The van der Waals surface area contributed by atoms with Gasteiger partial charge in [0.25, 0.3) is 0 Å². The number of benzene rings is 2. The van der Waals surface area contributed by atoms with Crippen molar-refractivity contribution in [3.8, 4) is 0 Å². The maximum atomic E-state index is 12.3. The van der Waals surface area contributed by atoms with Crippen molar-refractivity contribution in [2.75, 3.05) is 0 Å². The molecule has 4 nitrogen and oxygen atoms in total. The predicted molar refractivity (Wildman–Crippen MR) is 139 cm³/mol. The van der Waals surface area contributed by atoms with E-state index in [1.54, 1.807) is 0 Å². The number of rotatable bonds is 4. The van der Waals surface area contributed by atoms with Crippen molar-refractivity contribution in [1.82, 2.24) is 9.13 Å². The molecular formula is C28H26N2O2S2. The van der Waals surface area contributed by atoms with Crippen LogP contribution in [0.1, 0.15) is 22.5 Å². The van der Waals surface area contributed by atoms with E-state index in [2.05, 4.69) is 33.4 Å². The average molecular weight is 487 g/mol. The number of aromatic nitrogens is 2. The van der Waals surface area contributed by atoms with Crippen molar-refractivity contribution < 1.29 is 8.42 Å². The Bertz CT molecular complexity index is 1330. The van der Waals surface area contributed by atoms with E-state index in [4.69, 9.17) is 0 Å². The Labute approximate surface area is 205 Å². The summed E-state index contributed by atoms with van der Waals surface area (Å²) in [4.78, 5) is 3.49. The summed E-state index contributed by atoms with van der Waals surface area (Å²) >= 11 is 0. The third-order valence-electron chi connectivity index (χ3n) is 5.89. The lowest BCUT2D eigenvalue weighted by Gasteiger charge is -2.00. The van der Waals surface area contributed by atoms with Crippen LogP contribution < -0.4 is 0 Å². The van der Waals surface area contributed by atoms with Gasteiger partial charge < -0.3 is 9.13 Å². The Morgan fingerprint density at radius 1 is 0.588 bits per heavy atom. The SMILES string of the molecule is Cc1ccc([S@](=O)c2cc3n(c2)CC=C3)cc1.Cc1ccc([S@](=O)c2cc3n(c2)CC=C3)cc1. The van der Waals surface area contributed by atoms with Crippen LogP contribution in [-0.2, 0) is 34.7 Å². The standard InChI is InChI=1S/2C14H13NOS/c2*1-11-4-6-13(7-5-11)17(16)14-9-12-3-2-8-15(12)10-14/h2*2-7,9-10H,8H2,1H3/t2*17-/m00/s1. The molecule has 2 aliphatic rings. The number of nitrogens with zero attached hydrogens (tertiary/aromatic N) is 2. The van der Waals surface area contributed by atoms with Gasteiger partial charge in [0.2, 0.25) is 0 Å². The molecule has 0 bridgehead atoms. The quantitative estimate of drug-likeness (QED) is 0.356. The van der Waals surface area contributed by atoms with E-state index in [1.165, 1.54) is 11.1 Å². The zero-order valence-electron chi connectivity index (χ0n) is 19.2. The van der Waals surface area contributed by atoms with Gasteiger partial charge in [0.05, 0.1) is 31.4 Å². The van der Waals surface area contributed by atoms with Gasteiger partial charge in [-0.2, -0.15) is 0 Å². The smallest absolute Gasteiger partial charge is 0.0865 e. The third kappa shape index (κ3) is 4.69. The highest BCUT2D eigenvalue weighted by Crippen LogP contribution is 2.24. The number of aryl methyl sites for hydroxylation is 2. The third-order valence-corrected chi connectivity index (χ3v) is 8.59. The minimum absolute atomic E-state index is 0.865. The summed E-state index contributed by atoms with van der Waals surface area (Å²) in [6.45, 7) is 5.84. The van der Waals surface area contributed by atoms with Crippen LogP contribution in [0.25, 0.3) is 12.2 Å². The lowest BCUT2D eigenvalue weighted by molar-refractivity contribution is 0.682. The highest BCUT2D eigenvalue weighted by molar-refractivity contribution is 7.85. The predicted octanol–water partition coefficient (Wildman–Crippen LogP) is 5.98. The van der Waals surface area contributed by atoms with Crippen LogP contribution in [0.4, 0.5) is 0 Å². The minimum atomic E-state index is -1.07. The molecule has 2 atom stereocenters. The van der Waals surface area contributed by atoms with Gasteiger partial charge in [-0.3, -0.25) is 0 Å². The van der Waals surface area contributed by atoms with Crippen molar-refractivity contribution in [1.29, 1.82) is 0 Å². The summed E-state index contributed by atoms with van der Waals surface area (Å²) in [5.41, 5.74) is 4.65. The molecule has 6 rings (SSSR count). The Hall–Kier alpha value is -3.22. The Morgan fingerprint density at radius 2 is 0.971 bits per heavy atom. The summed E-state index contributed by atoms with van der Waals surface area (Å²) in [6, 6.07) is 19.7. The fraction of sp³-hybridized carbons (Fsp3) is 0.143. The molecule has 0 saturated carbocycles. The van der Waals surface area contributed by atoms with Gasteiger partial charge in [0, 0.05) is 46.7 Å². The first kappa shape index (κ1) is 22.6. The minimum Gasteiger partial charge on any atom is -0.343 e. The summed E-state index contributed by atoms with van der Waals surface area (Å²) in [6.07, 6.45) is 12.3. The summed E-state index contributed by atoms with van der Waals surface area (Å²) in [5.74, 6) is 0. The van der Waals surface area contributed by atoms with Gasteiger partial charge >= 0.3 is 0 Å². The number of hydrogen-bond donors (Lipinski definition) is 0. The van der Waals surface area contributed by atoms with Gasteiger partial charge in [-0.05, 0) is 62.4 Å². The highest BCUT2D eigenvalue weighted by atomic mass is 32.2. The molecule has 0 fully saturated rings.